The van der Waals surface area contributed by atoms with E-state index in [0.717, 1.165) is 34.7 Å². The third-order valence-corrected chi connectivity index (χ3v) is 4.62. The van der Waals surface area contributed by atoms with E-state index in [1.165, 1.54) is 5.56 Å². The third kappa shape index (κ3) is 3.21. The summed E-state index contributed by atoms with van der Waals surface area (Å²) in [6.07, 6.45) is 0.906. The number of alkyl halides is 1. The number of benzene rings is 1. The molecule has 1 aromatic heterocycles. The minimum Gasteiger partial charge on any atom is -0.268 e. The van der Waals surface area contributed by atoms with E-state index in [1.807, 2.05) is 17.7 Å². The Balaban J connectivity index is 2.29. The summed E-state index contributed by atoms with van der Waals surface area (Å²) in [7, 11) is 0. The van der Waals surface area contributed by atoms with Gasteiger partial charge in [-0.15, -0.1) is 0 Å². The zero-order valence-corrected chi connectivity index (χ0v) is 13.6. The van der Waals surface area contributed by atoms with E-state index in [9.17, 15) is 0 Å². The lowest BCUT2D eigenvalue weighted by Gasteiger charge is -2.15. The van der Waals surface area contributed by atoms with Gasteiger partial charge >= 0.3 is 0 Å². The SMILES string of the molecule is CCn1nc(C)c(Cl)c1CC(CBr)c1ccccc1. The van der Waals surface area contributed by atoms with E-state index in [1.54, 1.807) is 0 Å². The molecule has 1 heterocycles. The molecule has 0 N–H and O–H groups in total. The van der Waals surface area contributed by atoms with Crippen molar-refractivity contribution in [3.05, 3.63) is 52.3 Å². The molecule has 102 valence electrons. The Hall–Kier alpha value is -0.800. The van der Waals surface area contributed by atoms with Crippen molar-refractivity contribution in [2.45, 2.75) is 32.7 Å². The Morgan fingerprint density at radius 1 is 1.32 bits per heavy atom. The van der Waals surface area contributed by atoms with Crippen LogP contribution in [0.3, 0.4) is 0 Å². The first-order valence-electron chi connectivity index (χ1n) is 6.50. The second-order valence-electron chi connectivity index (χ2n) is 4.63. The smallest absolute Gasteiger partial charge is 0.0847 e. The van der Waals surface area contributed by atoms with Crippen molar-refractivity contribution in [3.63, 3.8) is 0 Å². The van der Waals surface area contributed by atoms with Crippen molar-refractivity contribution < 1.29 is 0 Å². The van der Waals surface area contributed by atoms with Crippen molar-refractivity contribution in [1.29, 1.82) is 0 Å². The summed E-state index contributed by atoms with van der Waals surface area (Å²) in [5.41, 5.74) is 3.38. The second kappa shape index (κ2) is 6.58. The standard InChI is InChI=1S/C15H18BrClN2/c1-3-19-14(15(17)11(2)18-19)9-13(10-16)12-7-5-4-6-8-12/h4-8,13H,3,9-10H2,1-2H3. The molecule has 1 unspecified atom stereocenters. The van der Waals surface area contributed by atoms with Crippen LogP contribution in [0, 0.1) is 6.92 Å². The maximum absolute atomic E-state index is 6.38. The molecule has 0 saturated carbocycles. The predicted octanol–water partition coefficient (Wildman–Crippen LogP) is 4.59. The average Bonchev–Trinajstić information content (AvgIpc) is 2.72. The van der Waals surface area contributed by atoms with Crippen LogP contribution < -0.4 is 0 Å². The minimum atomic E-state index is 0.417. The van der Waals surface area contributed by atoms with Crippen LogP contribution in [0.4, 0.5) is 0 Å². The quantitative estimate of drug-likeness (QED) is 0.728. The zero-order chi connectivity index (χ0) is 13.8. The average molecular weight is 342 g/mol. The molecule has 1 atom stereocenters. The normalized spacial score (nSPS) is 12.6. The molecule has 0 aliphatic carbocycles. The van der Waals surface area contributed by atoms with Crippen molar-refractivity contribution in [3.8, 4) is 0 Å². The lowest BCUT2D eigenvalue weighted by molar-refractivity contribution is 0.597. The Morgan fingerprint density at radius 3 is 2.58 bits per heavy atom. The van der Waals surface area contributed by atoms with Crippen LogP contribution in [0.25, 0.3) is 0 Å². The van der Waals surface area contributed by atoms with Gasteiger partial charge in [-0.25, -0.2) is 0 Å². The second-order valence-corrected chi connectivity index (χ2v) is 5.65. The van der Waals surface area contributed by atoms with Crippen LogP contribution in [0.1, 0.15) is 29.8 Å². The van der Waals surface area contributed by atoms with Crippen LogP contribution in [0.15, 0.2) is 30.3 Å². The first-order valence-corrected chi connectivity index (χ1v) is 8.00. The van der Waals surface area contributed by atoms with Crippen molar-refractivity contribution in [1.82, 2.24) is 9.78 Å². The minimum absolute atomic E-state index is 0.417. The van der Waals surface area contributed by atoms with E-state index < -0.39 is 0 Å². The summed E-state index contributed by atoms with van der Waals surface area (Å²) in [5, 5.41) is 6.21. The zero-order valence-electron chi connectivity index (χ0n) is 11.2. The monoisotopic (exact) mass is 340 g/mol. The molecule has 0 amide bonds. The molecule has 19 heavy (non-hydrogen) atoms. The summed E-state index contributed by atoms with van der Waals surface area (Å²) in [6.45, 7) is 4.91. The Labute approximate surface area is 127 Å². The van der Waals surface area contributed by atoms with E-state index in [4.69, 9.17) is 11.6 Å². The van der Waals surface area contributed by atoms with E-state index in [0.29, 0.717) is 5.92 Å². The molecule has 0 aliphatic heterocycles. The van der Waals surface area contributed by atoms with Crippen molar-refractivity contribution >= 4 is 27.5 Å². The molecule has 0 spiro atoms. The number of rotatable bonds is 5. The summed E-state index contributed by atoms with van der Waals surface area (Å²) in [6, 6.07) is 10.5. The topological polar surface area (TPSA) is 17.8 Å². The first-order chi connectivity index (χ1) is 9.17. The van der Waals surface area contributed by atoms with Gasteiger partial charge in [0.1, 0.15) is 0 Å². The van der Waals surface area contributed by atoms with Gasteiger partial charge in [0.15, 0.2) is 0 Å². The molecule has 2 aromatic rings. The number of hydrogen-bond acceptors (Lipinski definition) is 1. The summed E-state index contributed by atoms with van der Waals surface area (Å²) in [5.74, 6) is 0.417. The molecule has 1 aromatic carbocycles. The number of halogens is 2. The Bertz CT molecular complexity index is 537. The Kier molecular flexibility index (Phi) is 5.06. The van der Waals surface area contributed by atoms with Gasteiger partial charge in [-0.1, -0.05) is 57.9 Å². The maximum atomic E-state index is 6.38. The van der Waals surface area contributed by atoms with Crippen LogP contribution in [0.5, 0.6) is 0 Å². The van der Waals surface area contributed by atoms with Gasteiger partial charge in [-0.2, -0.15) is 5.10 Å². The summed E-state index contributed by atoms with van der Waals surface area (Å²) in [4.78, 5) is 0. The number of hydrogen-bond donors (Lipinski definition) is 0. The molecule has 0 saturated heterocycles. The number of nitrogens with zero attached hydrogens (tertiary/aromatic N) is 2. The molecule has 2 rings (SSSR count). The van der Waals surface area contributed by atoms with Gasteiger partial charge in [-0.05, 0) is 31.7 Å². The van der Waals surface area contributed by atoms with Gasteiger partial charge in [0, 0.05) is 11.9 Å². The number of aromatic nitrogens is 2. The van der Waals surface area contributed by atoms with Crippen LogP contribution in [0.2, 0.25) is 5.02 Å². The third-order valence-electron chi connectivity index (χ3n) is 3.35. The molecule has 2 nitrogen and oxygen atoms in total. The van der Waals surface area contributed by atoms with Gasteiger partial charge in [0.05, 0.1) is 16.4 Å². The fourth-order valence-electron chi connectivity index (χ4n) is 2.28. The lowest BCUT2D eigenvalue weighted by Crippen LogP contribution is -2.10. The van der Waals surface area contributed by atoms with Crippen molar-refractivity contribution in [2.75, 3.05) is 5.33 Å². The highest BCUT2D eigenvalue weighted by molar-refractivity contribution is 9.09. The summed E-state index contributed by atoms with van der Waals surface area (Å²) >= 11 is 10.00. The van der Waals surface area contributed by atoms with Crippen LogP contribution in [-0.2, 0) is 13.0 Å². The first kappa shape index (κ1) is 14.6. The van der Waals surface area contributed by atoms with Gasteiger partial charge < -0.3 is 0 Å². The predicted molar refractivity (Wildman–Crippen MR) is 84.3 cm³/mol. The molecule has 0 fully saturated rings. The maximum Gasteiger partial charge on any atom is 0.0847 e. The Morgan fingerprint density at radius 2 is 2.00 bits per heavy atom. The molecule has 4 heteroatoms. The van der Waals surface area contributed by atoms with Gasteiger partial charge in [0.2, 0.25) is 0 Å². The van der Waals surface area contributed by atoms with E-state index >= 15 is 0 Å². The molecule has 0 radical (unpaired) electrons. The summed E-state index contributed by atoms with van der Waals surface area (Å²) < 4.78 is 2.01. The van der Waals surface area contributed by atoms with Gasteiger partial charge in [-0.3, -0.25) is 4.68 Å². The largest absolute Gasteiger partial charge is 0.268 e. The number of aryl methyl sites for hydroxylation is 2. The highest BCUT2D eigenvalue weighted by Gasteiger charge is 2.18. The van der Waals surface area contributed by atoms with Gasteiger partial charge in [0.25, 0.3) is 0 Å². The van der Waals surface area contributed by atoms with E-state index in [-0.39, 0.29) is 0 Å². The fourth-order valence-corrected chi connectivity index (χ4v) is 3.10. The molecule has 0 aliphatic rings. The highest BCUT2D eigenvalue weighted by Crippen LogP contribution is 2.28. The van der Waals surface area contributed by atoms with Crippen LogP contribution in [-0.4, -0.2) is 15.1 Å². The molecule has 0 bridgehead atoms. The van der Waals surface area contributed by atoms with Crippen molar-refractivity contribution in [2.24, 2.45) is 0 Å². The molecular formula is C15H18BrClN2. The molecular weight excluding hydrogens is 324 g/mol. The lowest BCUT2D eigenvalue weighted by atomic mass is 9.96. The van der Waals surface area contributed by atoms with E-state index in [2.05, 4.69) is 52.2 Å². The fraction of sp³-hybridized carbons (Fsp3) is 0.400. The highest BCUT2D eigenvalue weighted by atomic mass is 79.9. The van der Waals surface area contributed by atoms with Crippen LogP contribution >= 0.6 is 27.5 Å².